The molecule has 0 saturated heterocycles. The van der Waals surface area contributed by atoms with E-state index in [0.29, 0.717) is 5.75 Å². The van der Waals surface area contributed by atoms with E-state index in [1.165, 1.54) is 4.90 Å². The highest BCUT2D eigenvalue weighted by atomic mass is 32.2. The summed E-state index contributed by atoms with van der Waals surface area (Å²) >= 11 is 1.80. The van der Waals surface area contributed by atoms with Crippen LogP contribution in [-0.2, 0) is 0 Å². The van der Waals surface area contributed by atoms with Crippen LogP contribution < -0.4 is 5.73 Å². The summed E-state index contributed by atoms with van der Waals surface area (Å²) in [7, 11) is 0. The standard InChI is InChI=1S/C10H15NOS/c11-7-1-2-8-13-10-5-3-9(12)4-6-10/h3-6,12H,1-2,7-8,11H2. The molecule has 3 N–H and O–H groups in total. The number of nitrogens with two attached hydrogens (primary N) is 1. The lowest BCUT2D eigenvalue weighted by Gasteiger charge is -2.00. The highest BCUT2D eigenvalue weighted by molar-refractivity contribution is 7.99. The molecule has 0 radical (unpaired) electrons. The monoisotopic (exact) mass is 197 g/mol. The number of thioether (sulfide) groups is 1. The molecule has 0 saturated carbocycles. The highest BCUT2D eigenvalue weighted by Crippen LogP contribution is 2.21. The number of benzene rings is 1. The molecule has 3 heteroatoms. The number of rotatable bonds is 5. The summed E-state index contributed by atoms with van der Waals surface area (Å²) in [6.07, 6.45) is 2.24. The molecule has 1 rings (SSSR count). The van der Waals surface area contributed by atoms with Crippen molar-refractivity contribution in [2.75, 3.05) is 12.3 Å². The molecule has 1 aromatic carbocycles. The largest absolute Gasteiger partial charge is 0.508 e. The Morgan fingerprint density at radius 2 is 1.85 bits per heavy atom. The minimum absolute atomic E-state index is 0.325. The lowest BCUT2D eigenvalue weighted by atomic mass is 10.3. The first-order valence-electron chi connectivity index (χ1n) is 4.45. The van der Waals surface area contributed by atoms with Crippen molar-refractivity contribution in [3.63, 3.8) is 0 Å². The highest BCUT2D eigenvalue weighted by Gasteiger charge is 1.93. The maximum absolute atomic E-state index is 9.04. The van der Waals surface area contributed by atoms with Gasteiger partial charge in [-0.1, -0.05) is 0 Å². The Bertz CT molecular complexity index is 235. The summed E-state index contributed by atoms with van der Waals surface area (Å²) in [5.74, 6) is 1.42. The first-order chi connectivity index (χ1) is 6.33. The van der Waals surface area contributed by atoms with Gasteiger partial charge < -0.3 is 10.8 Å². The van der Waals surface area contributed by atoms with Gasteiger partial charge in [-0.2, -0.15) is 0 Å². The fourth-order valence-corrected chi connectivity index (χ4v) is 1.89. The van der Waals surface area contributed by atoms with Gasteiger partial charge in [0.15, 0.2) is 0 Å². The van der Waals surface area contributed by atoms with Crippen LogP contribution in [0.4, 0.5) is 0 Å². The van der Waals surface area contributed by atoms with Crippen molar-refractivity contribution in [2.24, 2.45) is 5.73 Å². The molecule has 13 heavy (non-hydrogen) atoms. The second kappa shape index (κ2) is 5.89. The van der Waals surface area contributed by atoms with Gasteiger partial charge in [0.1, 0.15) is 5.75 Å². The fourth-order valence-electron chi connectivity index (χ4n) is 0.979. The molecule has 0 aromatic heterocycles. The average Bonchev–Trinajstić information content (AvgIpc) is 2.15. The van der Waals surface area contributed by atoms with Crippen molar-refractivity contribution < 1.29 is 5.11 Å². The molecule has 0 unspecified atom stereocenters. The summed E-state index contributed by atoms with van der Waals surface area (Å²) in [6.45, 7) is 0.774. The van der Waals surface area contributed by atoms with Gasteiger partial charge in [0.25, 0.3) is 0 Å². The third kappa shape index (κ3) is 4.20. The van der Waals surface area contributed by atoms with E-state index in [4.69, 9.17) is 10.8 Å². The normalized spacial score (nSPS) is 10.2. The van der Waals surface area contributed by atoms with E-state index in [0.717, 1.165) is 25.1 Å². The van der Waals surface area contributed by atoms with Gasteiger partial charge in [-0.15, -0.1) is 11.8 Å². The van der Waals surface area contributed by atoms with Crippen LogP contribution in [0.15, 0.2) is 29.2 Å². The zero-order chi connectivity index (χ0) is 9.52. The van der Waals surface area contributed by atoms with Crippen molar-refractivity contribution >= 4 is 11.8 Å². The zero-order valence-electron chi connectivity index (χ0n) is 7.57. The zero-order valence-corrected chi connectivity index (χ0v) is 8.39. The van der Waals surface area contributed by atoms with Crippen LogP contribution in [-0.4, -0.2) is 17.4 Å². The smallest absolute Gasteiger partial charge is 0.115 e. The predicted molar refractivity (Wildman–Crippen MR) is 57.1 cm³/mol. The van der Waals surface area contributed by atoms with Crippen molar-refractivity contribution in [1.29, 1.82) is 0 Å². The Morgan fingerprint density at radius 1 is 1.15 bits per heavy atom. The Kier molecular flexibility index (Phi) is 4.72. The molecule has 0 fully saturated rings. The van der Waals surface area contributed by atoms with E-state index in [9.17, 15) is 0 Å². The third-order valence-electron chi connectivity index (χ3n) is 1.70. The summed E-state index contributed by atoms with van der Waals surface area (Å²) in [5, 5.41) is 9.04. The van der Waals surface area contributed by atoms with Crippen LogP contribution in [0.3, 0.4) is 0 Å². The van der Waals surface area contributed by atoms with Crippen LogP contribution in [0.2, 0.25) is 0 Å². The molecule has 0 aliphatic heterocycles. The first kappa shape index (κ1) is 10.4. The molecule has 0 amide bonds. The Morgan fingerprint density at radius 3 is 2.46 bits per heavy atom. The summed E-state index contributed by atoms with van der Waals surface area (Å²) in [6, 6.07) is 7.29. The van der Waals surface area contributed by atoms with Crippen LogP contribution in [0.1, 0.15) is 12.8 Å². The molecule has 1 aromatic rings. The SMILES string of the molecule is NCCCCSc1ccc(O)cc1. The van der Waals surface area contributed by atoms with Gasteiger partial charge in [-0.05, 0) is 49.4 Å². The van der Waals surface area contributed by atoms with E-state index in [1.54, 1.807) is 23.9 Å². The minimum Gasteiger partial charge on any atom is -0.508 e. The second-order valence-electron chi connectivity index (χ2n) is 2.84. The van der Waals surface area contributed by atoms with Crippen LogP contribution in [0.5, 0.6) is 5.75 Å². The van der Waals surface area contributed by atoms with Gasteiger partial charge in [0.05, 0.1) is 0 Å². The van der Waals surface area contributed by atoms with E-state index >= 15 is 0 Å². The number of hydrogen-bond acceptors (Lipinski definition) is 3. The number of hydrogen-bond donors (Lipinski definition) is 2. The number of unbranched alkanes of at least 4 members (excludes halogenated alkanes) is 1. The fraction of sp³-hybridized carbons (Fsp3) is 0.400. The Balaban J connectivity index is 2.25. The topological polar surface area (TPSA) is 46.2 Å². The van der Waals surface area contributed by atoms with Crippen molar-refractivity contribution in [3.8, 4) is 5.75 Å². The van der Waals surface area contributed by atoms with Gasteiger partial charge in [0, 0.05) is 4.90 Å². The lowest BCUT2D eigenvalue weighted by Crippen LogP contribution is -1.98. The van der Waals surface area contributed by atoms with E-state index in [1.807, 2.05) is 12.1 Å². The molecule has 0 spiro atoms. The van der Waals surface area contributed by atoms with E-state index in [2.05, 4.69) is 0 Å². The van der Waals surface area contributed by atoms with Gasteiger partial charge in [-0.3, -0.25) is 0 Å². The van der Waals surface area contributed by atoms with Gasteiger partial charge >= 0.3 is 0 Å². The molecule has 0 heterocycles. The van der Waals surface area contributed by atoms with E-state index < -0.39 is 0 Å². The molecule has 0 atom stereocenters. The van der Waals surface area contributed by atoms with Crippen LogP contribution >= 0.6 is 11.8 Å². The van der Waals surface area contributed by atoms with Crippen molar-refractivity contribution in [2.45, 2.75) is 17.7 Å². The number of phenolic OH excluding ortho intramolecular Hbond substituents is 1. The number of phenols is 1. The first-order valence-corrected chi connectivity index (χ1v) is 5.43. The van der Waals surface area contributed by atoms with Crippen LogP contribution in [0.25, 0.3) is 0 Å². The summed E-state index contributed by atoms with van der Waals surface area (Å²) < 4.78 is 0. The predicted octanol–water partition coefficient (Wildman–Crippen LogP) is 2.22. The second-order valence-corrected chi connectivity index (χ2v) is 4.01. The molecular weight excluding hydrogens is 182 g/mol. The summed E-state index contributed by atoms with van der Waals surface area (Å²) in [5.41, 5.74) is 5.39. The quantitative estimate of drug-likeness (QED) is 0.562. The van der Waals surface area contributed by atoms with Crippen molar-refractivity contribution in [1.82, 2.24) is 0 Å². The minimum atomic E-state index is 0.325. The molecule has 0 aliphatic rings. The van der Waals surface area contributed by atoms with Crippen molar-refractivity contribution in [3.05, 3.63) is 24.3 Å². The van der Waals surface area contributed by atoms with E-state index in [-0.39, 0.29) is 0 Å². The number of aromatic hydroxyl groups is 1. The van der Waals surface area contributed by atoms with Crippen LogP contribution in [0, 0.1) is 0 Å². The maximum Gasteiger partial charge on any atom is 0.115 e. The molecular formula is C10H15NOS. The molecule has 0 bridgehead atoms. The molecule has 72 valence electrons. The average molecular weight is 197 g/mol. The van der Waals surface area contributed by atoms with Gasteiger partial charge in [-0.25, -0.2) is 0 Å². The molecule has 2 nitrogen and oxygen atoms in total. The third-order valence-corrected chi connectivity index (χ3v) is 2.80. The lowest BCUT2D eigenvalue weighted by molar-refractivity contribution is 0.475. The Hall–Kier alpha value is -0.670. The Labute approximate surface area is 83.1 Å². The maximum atomic E-state index is 9.04. The summed E-state index contributed by atoms with van der Waals surface area (Å²) in [4.78, 5) is 1.20. The van der Waals surface area contributed by atoms with Gasteiger partial charge in [0.2, 0.25) is 0 Å². The molecule has 0 aliphatic carbocycles.